The van der Waals surface area contributed by atoms with Crippen molar-refractivity contribution in [2.24, 2.45) is 0 Å². The van der Waals surface area contributed by atoms with Crippen molar-refractivity contribution in [1.82, 2.24) is 0 Å². The Morgan fingerprint density at radius 2 is 1.86 bits per heavy atom. The lowest BCUT2D eigenvalue weighted by Crippen LogP contribution is -2.23. The Hall–Kier alpha value is -1.35. The molecule has 2 nitrogen and oxygen atoms in total. The van der Waals surface area contributed by atoms with Gasteiger partial charge in [-0.2, -0.15) is 0 Å². The van der Waals surface area contributed by atoms with Gasteiger partial charge >= 0.3 is 5.97 Å². The van der Waals surface area contributed by atoms with Crippen LogP contribution in [0, 0.1) is 0 Å². The maximum absolute atomic E-state index is 11.3. The molecule has 0 radical (unpaired) electrons. The number of hydrogen-bond donors (Lipinski definition) is 0. The van der Waals surface area contributed by atoms with E-state index in [1.807, 2.05) is 18.2 Å². The highest BCUT2D eigenvalue weighted by molar-refractivity contribution is 6.76. The van der Waals surface area contributed by atoms with Gasteiger partial charge in [-0.15, -0.1) is 6.58 Å². The van der Waals surface area contributed by atoms with E-state index in [1.165, 1.54) is 18.1 Å². The van der Waals surface area contributed by atoms with Crippen molar-refractivity contribution in [3.63, 3.8) is 0 Å². The highest BCUT2D eigenvalue weighted by atomic mass is 28.3. The largest absolute Gasteiger partial charge is 0.462 e. The van der Waals surface area contributed by atoms with Crippen LogP contribution >= 0.6 is 0 Å². The molecule has 0 aliphatic rings. The lowest BCUT2D eigenvalue weighted by Gasteiger charge is -2.22. The quantitative estimate of drug-likeness (QED) is 0.390. The molecule has 0 fully saturated rings. The predicted molar refractivity (Wildman–Crippen MR) is 92.2 cm³/mol. The topological polar surface area (TPSA) is 26.3 Å². The number of hydrogen-bond acceptors (Lipinski definition) is 2. The van der Waals surface area contributed by atoms with Crippen LogP contribution in [0.1, 0.15) is 25.3 Å². The zero-order valence-electron chi connectivity index (χ0n) is 13.8. The summed E-state index contributed by atoms with van der Waals surface area (Å²) in [6, 6.07) is 11.4. The molecule has 0 aliphatic heterocycles. The summed E-state index contributed by atoms with van der Waals surface area (Å²) in [5.41, 5.74) is 2.50. The van der Waals surface area contributed by atoms with Crippen molar-refractivity contribution in [3.05, 3.63) is 48.0 Å². The molecule has 3 heteroatoms. The summed E-state index contributed by atoms with van der Waals surface area (Å²) in [5, 5.41) is 0. The van der Waals surface area contributed by atoms with E-state index in [2.05, 4.69) is 38.4 Å². The van der Waals surface area contributed by atoms with Crippen LogP contribution in [-0.2, 0) is 16.0 Å². The zero-order chi connectivity index (χ0) is 15.9. The second-order valence-electron chi connectivity index (χ2n) is 6.95. The lowest BCUT2D eigenvalue weighted by atomic mass is 10.0. The van der Waals surface area contributed by atoms with E-state index in [0.29, 0.717) is 0 Å². The van der Waals surface area contributed by atoms with E-state index < -0.39 is 8.07 Å². The molecule has 0 saturated heterocycles. The number of carbonyl (C=O) groups is 1. The molecule has 1 unspecified atom stereocenters. The highest BCUT2D eigenvalue weighted by Gasteiger charge is 2.19. The Balaban J connectivity index is 2.55. The van der Waals surface area contributed by atoms with Gasteiger partial charge in [0.2, 0.25) is 0 Å². The third-order valence-corrected chi connectivity index (χ3v) is 4.79. The minimum atomic E-state index is -1.15. The molecular formula is C18H28O2Si. The summed E-state index contributed by atoms with van der Waals surface area (Å²) in [4.78, 5) is 11.3. The molecule has 0 bridgehead atoms. The van der Waals surface area contributed by atoms with Gasteiger partial charge in [0.15, 0.2) is 0 Å². The van der Waals surface area contributed by atoms with Crippen LogP contribution < -0.4 is 0 Å². The number of ether oxygens (including phenoxy) is 1. The van der Waals surface area contributed by atoms with Gasteiger partial charge in [-0.3, -0.25) is 4.79 Å². The first-order valence-electron chi connectivity index (χ1n) is 7.64. The van der Waals surface area contributed by atoms with Crippen molar-refractivity contribution >= 4 is 14.0 Å². The van der Waals surface area contributed by atoms with Gasteiger partial charge in [-0.05, 0) is 24.4 Å². The third-order valence-electron chi connectivity index (χ3n) is 3.23. The minimum Gasteiger partial charge on any atom is -0.462 e. The smallest absolute Gasteiger partial charge is 0.302 e. The second-order valence-corrected chi connectivity index (χ2v) is 12.4. The van der Waals surface area contributed by atoms with Crippen LogP contribution in [0.3, 0.4) is 0 Å². The summed E-state index contributed by atoms with van der Waals surface area (Å²) >= 11 is 0. The highest BCUT2D eigenvalue weighted by Crippen LogP contribution is 2.22. The standard InChI is InChI=1S/C18H28O2Si/c1-15(14-21(3,4)5)13-18(20-16(2)19)12-11-17-9-7-6-8-10-17/h6-10,18H,1,11-14H2,2-5H3. The van der Waals surface area contributed by atoms with Crippen molar-refractivity contribution in [2.75, 3.05) is 0 Å². The molecular weight excluding hydrogens is 276 g/mol. The van der Waals surface area contributed by atoms with Gasteiger partial charge in [-0.25, -0.2) is 0 Å². The number of esters is 1. The first kappa shape index (κ1) is 17.7. The van der Waals surface area contributed by atoms with E-state index in [-0.39, 0.29) is 12.1 Å². The van der Waals surface area contributed by atoms with Gasteiger partial charge < -0.3 is 4.74 Å². The molecule has 21 heavy (non-hydrogen) atoms. The molecule has 116 valence electrons. The first-order valence-corrected chi connectivity index (χ1v) is 11.3. The summed E-state index contributed by atoms with van der Waals surface area (Å²) in [5.74, 6) is -0.200. The number of rotatable bonds is 8. The maximum atomic E-state index is 11.3. The average Bonchev–Trinajstić information content (AvgIpc) is 2.34. The Morgan fingerprint density at radius 3 is 2.38 bits per heavy atom. The summed E-state index contributed by atoms with van der Waals surface area (Å²) < 4.78 is 5.47. The Kier molecular flexibility index (Phi) is 6.89. The molecule has 1 aromatic rings. The van der Waals surface area contributed by atoms with Crippen LogP contribution in [-0.4, -0.2) is 20.1 Å². The summed E-state index contributed by atoms with van der Waals surface area (Å²) in [6.45, 7) is 12.7. The molecule has 0 heterocycles. The molecule has 0 aromatic heterocycles. The van der Waals surface area contributed by atoms with Crippen molar-refractivity contribution in [1.29, 1.82) is 0 Å². The Bertz CT molecular complexity index is 460. The molecule has 0 saturated carbocycles. The summed E-state index contributed by atoms with van der Waals surface area (Å²) in [6.07, 6.45) is 2.52. The monoisotopic (exact) mass is 304 g/mol. The second kappa shape index (κ2) is 8.18. The van der Waals surface area contributed by atoms with E-state index in [4.69, 9.17) is 4.74 Å². The third kappa shape index (κ3) is 8.51. The van der Waals surface area contributed by atoms with Crippen LogP contribution in [0.25, 0.3) is 0 Å². The Morgan fingerprint density at radius 1 is 1.24 bits per heavy atom. The van der Waals surface area contributed by atoms with Crippen molar-refractivity contribution in [3.8, 4) is 0 Å². The van der Waals surface area contributed by atoms with E-state index in [9.17, 15) is 4.79 Å². The molecule has 1 atom stereocenters. The van der Waals surface area contributed by atoms with Crippen LogP contribution in [0.2, 0.25) is 25.7 Å². The van der Waals surface area contributed by atoms with Gasteiger partial charge in [0.25, 0.3) is 0 Å². The normalized spacial score (nSPS) is 12.8. The van der Waals surface area contributed by atoms with E-state index >= 15 is 0 Å². The van der Waals surface area contributed by atoms with Gasteiger partial charge in [0.05, 0.1) is 0 Å². The van der Waals surface area contributed by atoms with E-state index in [1.54, 1.807) is 0 Å². The van der Waals surface area contributed by atoms with Crippen molar-refractivity contribution in [2.45, 2.75) is 58.0 Å². The van der Waals surface area contributed by atoms with Crippen LogP contribution in [0.15, 0.2) is 42.5 Å². The van der Waals surface area contributed by atoms with E-state index in [0.717, 1.165) is 25.3 Å². The SMILES string of the molecule is C=C(CC(CCc1ccccc1)OC(C)=O)C[Si](C)(C)C. The van der Waals surface area contributed by atoms with Crippen LogP contribution in [0.4, 0.5) is 0 Å². The summed E-state index contributed by atoms with van der Waals surface area (Å²) in [7, 11) is -1.15. The molecule has 0 aliphatic carbocycles. The average molecular weight is 305 g/mol. The number of benzene rings is 1. The molecule has 0 N–H and O–H groups in total. The van der Waals surface area contributed by atoms with Gasteiger partial charge in [0.1, 0.15) is 6.10 Å². The molecule has 1 aromatic carbocycles. The minimum absolute atomic E-state index is 0.0495. The maximum Gasteiger partial charge on any atom is 0.302 e. The fourth-order valence-corrected chi connectivity index (χ4v) is 4.20. The fourth-order valence-electron chi connectivity index (χ4n) is 2.55. The zero-order valence-corrected chi connectivity index (χ0v) is 14.8. The molecule has 0 amide bonds. The lowest BCUT2D eigenvalue weighted by molar-refractivity contribution is -0.146. The first-order chi connectivity index (χ1) is 9.76. The van der Waals surface area contributed by atoms with Crippen LogP contribution in [0.5, 0.6) is 0 Å². The molecule has 1 rings (SSSR count). The predicted octanol–water partition coefficient (Wildman–Crippen LogP) is 4.84. The Labute approximate surface area is 130 Å². The van der Waals surface area contributed by atoms with Gasteiger partial charge in [-0.1, -0.05) is 55.5 Å². The van der Waals surface area contributed by atoms with Gasteiger partial charge in [0, 0.05) is 21.4 Å². The fraction of sp³-hybridized carbons (Fsp3) is 0.500. The molecule has 0 spiro atoms. The number of aryl methyl sites for hydroxylation is 1. The van der Waals surface area contributed by atoms with Crippen molar-refractivity contribution < 1.29 is 9.53 Å². The number of carbonyl (C=O) groups excluding carboxylic acids is 1.